The minimum atomic E-state index is -0.0760. The zero-order valence-corrected chi connectivity index (χ0v) is 14.3. The molecule has 0 amide bonds. The summed E-state index contributed by atoms with van der Waals surface area (Å²) in [4.78, 5) is 0. The topological polar surface area (TPSA) is 23.1 Å². The zero-order chi connectivity index (χ0) is 10.6. The summed E-state index contributed by atoms with van der Waals surface area (Å²) in [5.74, 6) is 0. The van der Waals surface area contributed by atoms with Gasteiger partial charge in [-0.05, 0) is 12.8 Å². The van der Waals surface area contributed by atoms with Crippen molar-refractivity contribution in [2.75, 3.05) is 0 Å². The second kappa shape index (κ2) is 15.5. The molecule has 0 saturated carbocycles. The standard InChI is InChI=1S/C12H24OS.K/c1-2-3-4-5-6-7-8-9-10-11-12(13)14;/h2-11H2,1H3,(H,13,14);/q;+1/p-1. The van der Waals surface area contributed by atoms with E-state index in [-0.39, 0.29) is 56.4 Å². The molecule has 0 fully saturated rings. The van der Waals surface area contributed by atoms with Crippen LogP contribution in [0.2, 0.25) is 0 Å². The van der Waals surface area contributed by atoms with E-state index in [0.29, 0.717) is 6.42 Å². The van der Waals surface area contributed by atoms with Crippen molar-refractivity contribution in [3.63, 3.8) is 0 Å². The average molecular weight is 254 g/mol. The van der Waals surface area contributed by atoms with Crippen LogP contribution in [0.15, 0.2) is 0 Å². The fourth-order valence-corrected chi connectivity index (χ4v) is 1.72. The molecule has 0 aromatic carbocycles. The van der Waals surface area contributed by atoms with Crippen LogP contribution in [0.5, 0.6) is 0 Å². The van der Waals surface area contributed by atoms with Gasteiger partial charge in [0.25, 0.3) is 0 Å². The van der Waals surface area contributed by atoms with Gasteiger partial charge in [-0.15, -0.1) is 12.2 Å². The first kappa shape index (κ1) is 18.9. The van der Waals surface area contributed by atoms with E-state index in [1.807, 2.05) is 0 Å². The maximum Gasteiger partial charge on any atom is 1.00 e. The number of hydrogen-bond donors (Lipinski definition) is 0. The fraction of sp³-hybridized carbons (Fsp3) is 0.917. The minimum absolute atomic E-state index is 0. The predicted molar refractivity (Wildman–Crippen MR) is 64.4 cm³/mol. The fourth-order valence-electron chi connectivity index (χ4n) is 1.58. The Bertz CT molecular complexity index is 140. The van der Waals surface area contributed by atoms with Crippen LogP contribution in [-0.2, 0) is 0 Å². The maximum absolute atomic E-state index is 10.5. The van der Waals surface area contributed by atoms with Gasteiger partial charge in [0.2, 0.25) is 0 Å². The Balaban J connectivity index is 0. The Hall–Kier alpha value is 1.53. The number of hydrogen-bond acceptors (Lipinski definition) is 2. The molecule has 3 heteroatoms. The van der Waals surface area contributed by atoms with E-state index in [4.69, 9.17) is 0 Å². The summed E-state index contributed by atoms with van der Waals surface area (Å²) < 4.78 is 0. The molecule has 0 aliphatic rings. The Morgan fingerprint density at radius 1 is 0.867 bits per heavy atom. The van der Waals surface area contributed by atoms with Gasteiger partial charge < -0.3 is 5.11 Å². The summed E-state index contributed by atoms with van der Waals surface area (Å²) in [6, 6.07) is 0. The third kappa shape index (κ3) is 18.1. The smallest absolute Gasteiger partial charge is 0.867 e. The van der Waals surface area contributed by atoms with Crippen molar-refractivity contribution in [2.24, 2.45) is 0 Å². The molecule has 84 valence electrons. The molecular formula is C12H23KOS. The molecule has 0 N–H and O–H groups in total. The van der Waals surface area contributed by atoms with Gasteiger partial charge in [-0.3, -0.25) is 0 Å². The van der Waals surface area contributed by atoms with Crippen LogP contribution in [0, 0.1) is 0 Å². The zero-order valence-electron chi connectivity index (χ0n) is 10.4. The van der Waals surface area contributed by atoms with Crippen molar-refractivity contribution in [1.29, 1.82) is 0 Å². The molecule has 0 saturated heterocycles. The first-order chi connectivity index (χ1) is 6.77. The maximum atomic E-state index is 10.5. The van der Waals surface area contributed by atoms with E-state index in [9.17, 15) is 5.11 Å². The van der Waals surface area contributed by atoms with Crippen LogP contribution < -0.4 is 56.5 Å². The quantitative estimate of drug-likeness (QED) is 0.324. The van der Waals surface area contributed by atoms with Gasteiger partial charge in [-0.25, -0.2) is 0 Å². The Morgan fingerprint density at radius 3 is 1.67 bits per heavy atom. The molecular weight excluding hydrogens is 231 g/mol. The van der Waals surface area contributed by atoms with Crippen LogP contribution in [0.4, 0.5) is 0 Å². The van der Waals surface area contributed by atoms with E-state index >= 15 is 0 Å². The molecule has 0 unspecified atom stereocenters. The Labute approximate surface area is 143 Å². The van der Waals surface area contributed by atoms with Crippen molar-refractivity contribution in [1.82, 2.24) is 0 Å². The molecule has 0 bridgehead atoms. The van der Waals surface area contributed by atoms with Crippen molar-refractivity contribution in [2.45, 2.75) is 71.1 Å². The van der Waals surface area contributed by atoms with Gasteiger partial charge in [0.1, 0.15) is 0 Å². The van der Waals surface area contributed by atoms with Gasteiger partial charge in [0.15, 0.2) is 0 Å². The SMILES string of the molecule is CCCCCCCCCCCC([O-])=S.[K+]. The number of rotatable bonds is 10. The normalized spacial score (nSPS) is 9.67. The van der Waals surface area contributed by atoms with Crippen LogP contribution in [0.1, 0.15) is 71.1 Å². The second-order valence-electron chi connectivity index (χ2n) is 3.95. The second-order valence-corrected chi connectivity index (χ2v) is 4.41. The largest absolute Gasteiger partial charge is 1.00 e. The predicted octanol–water partition coefficient (Wildman–Crippen LogP) is 0.599. The summed E-state index contributed by atoms with van der Waals surface area (Å²) in [5, 5.41) is 10.4. The van der Waals surface area contributed by atoms with Gasteiger partial charge in [-0.1, -0.05) is 63.3 Å². The van der Waals surface area contributed by atoms with Gasteiger partial charge in [0.05, 0.1) is 0 Å². The van der Waals surface area contributed by atoms with E-state index in [1.165, 1.54) is 51.4 Å². The molecule has 0 radical (unpaired) electrons. The molecule has 15 heavy (non-hydrogen) atoms. The average Bonchev–Trinajstić information content (AvgIpc) is 2.15. The Morgan fingerprint density at radius 2 is 1.27 bits per heavy atom. The first-order valence-electron chi connectivity index (χ1n) is 5.97. The third-order valence-electron chi connectivity index (χ3n) is 2.48. The monoisotopic (exact) mass is 254 g/mol. The molecule has 0 aromatic heterocycles. The van der Waals surface area contributed by atoms with Crippen LogP contribution in [0.3, 0.4) is 0 Å². The molecule has 0 spiro atoms. The molecule has 1 nitrogen and oxygen atoms in total. The molecule has 0 aliphatic heterocycles. The van der Waals surface area contributed by atoms with Crippen LogP contribution >= 0.6 is 12.2 Å². The van der Waals surface area contributed by atoms with Gasteiger partial charge in [-0.2, -0.15) is 0 Å². The molecule has 0 rings (SSSR count). The molecule has 0 atom stereocenters. The van der Waals surface area contributed by atoms with E-state index in [0.717, 1.165) is 6.42 Å². The van der Waals surface area contributed by atoms with E-state index in [1.54, 1.807) is 0 Å². The van der Waals surface area contributed by atoms with E-state index in [2.05, 4.69) is 19.1 Å². The summed E-state index contributed by atoms with van der Waals surface area (Å²) in [6.07, 6.45) is 12.2. The van der Waals surface area contributed by atoms with Crippen molar-refractivity contribution < 1.29 is 56.5 Å². The summed E-state index contributed by atoms with van der Waals surface area (Å²) in [5.41, 5.74) is 0. The van der Waals surface area contributed by atoms with Crippen molar-refractivity contribution in [3.05, 3.63) is 0 Å². The van der Waals surface area contributed by atoms with Crippen LogP contribution in [0.25, 0.3) is 0 Å². The molecule has 0 aliphatic carbocycles. The number of unbranched alkanes of at least 4 members (excludes halogenated alkanes) is 8. The van der Waals surface area contributed by atoms with Crippen molar-refractivity contribution in [3.8, 4) is 0 Å². The van der Waals surface area contributed by atoms with E-state index < -0.39 is 0 Å². The first-order valence-corrected chi connectivity index (χ1v) is 6.38. The Kier molecular flexibility index (Phi) is 19.5. The summed E-state index contributed by atoms with van der Waals surface area (Å²) in [6.45, 7) is 2.24. The summed E-state index contributed by atoms with van der Waals surface area (Å²) >= 11 is 4.49. The number of thiocarbonyl (C=S) groups is 1. The molecule has 0 aromatic rings. The molecule has 0 heterocycles. The van der Waals surface area contributed by atoms with Gasteiger partial charge in [0, 0.05) is 0 Å². The van der Waals surface area contributed by atoms with Gasteiger partial charge >= 0.3 is 51.4 Å². The minimum Gasteiger partial charge on any atom is -0.867 e. The van der Waals surface area contributed by atoms with Crippen molar-refractivity contribution >= 4 is 17.3 Å². The van der Waals surface area contributed by atoms with Crippen LogP contribution in [-0.4, -0.2) is 5.05 Å². The third-order valence-corrected chi connectivity index (χ3v) is 2.69. The summed E-state index contributed by atoms with van der Waals surface area (Å²) in [7, 11) is 0.